The van der Waals surface area contributed by atoms with E-state index in [0.29, 0.717) is 6.00 Å². The third-order valence-electron chi connectivity index (χ3n) is 1.48. The van der Waals surface area contributed by atoms with Crippen LogP contribution in [0.4, 0.5) is 0 Å². The molecule has 0 bridgehead atoms. The molecule has 0 radical (unpaired) electrons. The van der Waals surface area contributed by atoms with Crippen LogP contribution in [0.1, 0.15) is 6.92 Å². The molecule has 0 amide bonds. The van der Waals surface area contributed by atoms with E-state index in [1.807, 2.05) is 37.3 Å². The number of halogens is 1. The molecule has 0 spiro atoms. The van der Waals surface area contributed by atoms with Gasteiger partial charge in [-0.25, -0.2) is 0 Å². The molecule has 2 heteroatoms. The quantitative estimate of drug-likeness (QED) is 0.421. The van der Waals surface area contributed by atoms with Crippen LogP contribution in [0.15, 0.2) is 40.9 Å². The minimum atomic E-state index is 0.324. The molecule has 1 nitrogen and oxygen atoms in total. The molecule has 0 N–H and O–H groups in total. The summed E-state index contributed by atoms with van der Waals surface area (Å²) in [5.74, 6) is 0. The molecule has 0 heterocycles. The van der Waals surface area contributed by atoms with Crippen molar-refractivity contribution < 1.29 is 0 Å². The Balaban J connectivity index is 2.88. The molecule has 0 aromatic rings. The summed E-state index contributed by atoms with van der Waals surface area (Å²) in [5, 5.41) is 0. The molecule has 0 aromatic heterocycles. The minimum Gasteiger partial charge on any atom is -0.269 e. The fraction of sp³-hybridized carbons (Fsp3) is 0.222. The SMILES string of the molecule is C/C=C1/C=CC=C/C1=N/CCl. The molecule has 1 aliphatic rings. The number of hydrogen-bond acceptors (Lipinski definition) is 1. The van der Waals surface area contributed by atoms with E-state index in [-0.39, 0.29) is 0 Å². The predicted molar refractivity (Wildman–Crippen MR) is 50.2 cm³/mol. The lowest BCUT2D eigenvalue weighted by molar-refractivity contribution is 1.35. The van der Waals surface area contributed by atoms with Gasteiger partial charge in [-0.15, -0.1) is 11.6 Å². The maximum atomic E-state index is 5.48. The summed E-state index contributed by atoms with van der Waals surface area (Å²) >= 11 is 5.48. The first kappa shape index (κ1) is 8.28. The molecular weight excluding hydrogens is 158 g/mol. The molecular formula is C9H10ClN. The van der Waals surface area contributed by atoms with Crippen molar-refractivity contribution in [1.29, 1.82) is 0 Å². The molecule has 58 valence electrons. The summed E-state index contributed by atoms with van der Waals surface area (Å²) in [6.45, 7) is 1.99. The van der Waals surface area contributed by atoms with E-state index in [0.717, 1.165) is 11.3 Å². The van der Waals surface area contributed by atoms with Crippen molar-refractivity contribution in [2.45, 2.75) is 6.92 Å². The van der Waals surface area contributed by atoms with E-state index in [4.69, 9.17) is 11.6 Å². The first-order chi connectivity index (χ1) is 5.38. The molecule has 0 saturated heterocycles. The first-order valence-electron chi connectivity index (χ1n) is 3.50. The van der Waals surface area contributed by atoms with Crippen molar-refractivity contribution in [3.05, 3.63) is 36.0 Å². The van der Waals surface area contributed by atoms with Gasteiger partial charge in [-0.3, -0.25) is 4.99 Å². The molecule has 0 fully saturated rings. The Morgan fingerprint density at radius 2 is 2.18 bits per heavy atom. The second-order valence-electron chi connectivity index (χ2n) is 2.13. The van der Waals surface area contributed by atoms with E-state index >= 15 is 0 Å². The predicted octanol–water partition coefficient (Wildman–Crippen LogP) is 2.70. The topological polar surface area (TPSA) is 12.4 Å². The Bertz CT molecular complexity index is 246. The summed E-state index contributed by atoms with van der Waals surface area (Å²) in [7, 11) is 0. The zero-order valence-electron chi connectivity index (χ0n) is 6.42. The van der Waals surface area contributed by atoms with Gasteiger partial charge in [0.05, 0.1) is 5.71 Å². The summed E-state index contributed by atoms with van der Waals surface area (Å²) in [6, 6.07) is 0.324. The van der Waals surface area contributed by atoms with E-state index in [2.05, 4.69) is 4.99 Å². The second-order valence-corrected chi connectivity index (χ2v) is 2.36. The maximum absolute atomic E-state index is 5.48. The van der Waals surface area contributed by atoms with Crippen molar-refractivity contribution >= 4 is 17.3 Å². The first-order valence-corrected chi connectivity index (χ1v) is 4.03. The van der Waals surface area contributed by atoms with Gasteiger partial charge >= 0.3 is 0 Å². The molecule has 0 aromatic carbocycles. The zero-order valence-corrected chi connectivity index (χ0v) is 7.17. The summed E-state index contributed by atoms with van der Waals surface area (Å²) in [6.07, 6.45) is 9.94. The highest BCUT2D eigenvalue weighted by Gasteiger charge is 2.00. The van der Waals surface area contributed by atoms with Crippen LogP contribution in [0.2, 0.25) is 0 Å². The summed E-state index contributed by atoms with van der Waals surface area (Å²) in [5.41, 5.74) is 2.10. The number of allylic oxidation sites excluding steroid dienone is 6. The monoisotopic (exact) mass is 167 g/mol. The largest absolute Gasteiger partial charge is 0.269 e. The van der Waals surface area contributed by atoms with Crippen LogP contribution in [0.25, 0.3) is 0 Å². The summed E-state index contributed by atoms with van der Waals surface area (Å²) < 4.78 is 0. The lowest BCUT2D eigenvalue weighted by atomic mass is 10.1. The normalized spacial score (nSPS) is 23.5. The Labute approximate surface area is 71.8 Å². The van der Waals surface area contributed by atoms with Crippen LogP contribution < -0.4 is 0 Å². The lowest BCUT2D eigenvalue weighted by Gasteiger charge is -2.03. The average Bonchev–Trinajstić information content (AvgIpc) is 2.06. The van der Waals surface area contributed by atoms with Gasteiger partial charge in [0, 0.05) is 0 Å². The molecule has 1 aliphatic carbocycles. The number of hydrogen-bond donors (Lipinski definition) is 0. The maximum Gasteiger partial charge on any atom is 0.114 e. The number of rotatable bonds is 1. The van der Waals surface area contributed by atoms with Crippen LogP contribution in [-0.2, 0) is 0 Å². The molecule has 11 heavy (non-hydrogen) atoms. The van der Waals surface area contributed by atoms with E-state index in [1.165, 1.54) is 0 Å². The highest BCUT2D eigenvalue weighted by atomic mass is 35.5. The second kappa shape index (κ2) is 4.14. The van der Waals surface area contributed by atoms with Crippen molar-refractivity contribution in [1.82, 2.24) is 0 Å². The van der Waals surface area contributed by atoms with Crippen LogP contribution in [0.3, 0.4) is 0 Å². The van der Waals surface area contributed by atoms with Crippen molar-refractivity contribution in [3.8, 4) is 0 Å². The molecule has 0 aliphatic heterocycles. The van der Waals surface area contributed by atoms with Crippen molar-refractivity contribution in [2.24, 2.45) is 4.99 Å². The van der Waals surface area contributed by atoms with Gasteiger partial charge in [-0.1, -0.05) is 24.3 Å². The Kier molecular flexibility index (Phi) is 3.12. The van der Waals surface area contributed by atoms with Crippen LogP contribution in [0, 0.1) is 0 Å². The molecule has 1 rings (SSSR count). The van der Waals surface area contributed by atoms with Gasteiger partial charge in [-0.05, 0) is 18.6 Å². The number of aliphatic imine (C=N–C) groups is 1. The standard InChI is InChI=1S/C9H10ClN/c1-2-8-5-3-4-6-9(8)11-7-10/h2-6H,7H2,1H3/b8-2-,11-9-. The van der Waals surface area contributed by atoms with E-state index in [1.54, 1.807) is 0 Å². The summed E-state index contributed by atoms with van der Waals surface area (Å²) in [4.78, 5) is 4.11. The van der Waals surface area contributed by atoms with Crippen LogP contribution in [0.5, 0.6) is 0 Å². The highest BCUT2D eigenvalue weighted by molar-refractivity contribution is 6.20. The smallest absolute Gasteiger partial charge is 0.114 e. The number of nitrogens with zero attached hydrogens (tertiary/aromatic N) is 1. The lowest BCUT2D eigenvalue weighted by Crippen LogP contribution is -1.99. The Hall–Kier alpha value is -0.820. The van der Waals surface area contributed by atoms with Gasteiger partial charge in [0.15, 0.2) is 0 Å². The van der Waals surface area contributed by atoms with E-state index < -0.39 is 0 Å². The number of alkyl halides is 1. The third-order valence-corrected chi connectivity index (χ3v) is 1.60. The van der Waals surface area contributed by atoms with Crippen molar-refractivity contribution in [2.75, 3.05) is 6.00 Å². The van der Waals surface area contributed by atoms with Gasteiger partial charge < -0.3 is 0 Å². The molecule has 0 atom stereocenters. The molecule has 0 saturated carbocycles. The van der Waals surface area contributed by atoms with Gasteiger partial charge in [0.25, 0.3) is 0 Å². The van der Waals surface area contributed by atoms with Gasteiger partial charge in [0.2, 0.25) is 0 Å². The Morgan fingerprint density at radius 1 is 1.45 bits per heavy atom. The Morgan fingerprint density at radius 3 is 2.82 bits per heavy atom. The van der Waals surface area contributed by atoms with E-state index in [9.17, 15) is 0 Å². The fourth-order valence-electron chi connectivity index (χ4n) is 0.940. The van der Waals surface area contributed by atoms with Gasteiger partial charge in [-0.2, -0.15) is 0 Å². The zero-order chi connectivity index (χ0) is 8.10. The van der Waals surface area contributed by atoms with Gasteiger partial charge in [0.1, 0.15) is 6.00 Å². The highest BCUT2D eigenvalue weighted by Crippen LogP contribution is 2.07. The average molecular weight is 168 g/mol. The van der Waals surface area contributed by atoms with Crippen molar-refractivity contribution in [3.63, 3.8) is 0 Å². The van der Waals surface area contributed by atoms with Crippen LogP contribution >= 0.6 is 11.6 Å². The molecule has 0 unspecified atom stereocenters. The third kappa shape index (κ3) is 2.05. The van der Waals surface area contributed by atoms with Crippen LogP contribution in [-0.4, -0.2) is 11.7 Å². The minimum absolute atomic E-state index is 0.324. The fourth-order valence-corrected chi connectivity index (χ4v) is 1.07.